The molecule has 0 amide bonds. The molecule has 2 aliphatic rings. The second kappa shape index (κ2) is 8.79. The van der Waals surface area contributed by atoms with Crippen molar-refractivity contribution in [1.82, 2.24) is 0 Å². The Kier molecular flexibility index (Phi) is 6.07. The van der Waals surface area contributed by atoms with Gasteiger partial charge in [-0.2, -0.15) is 5.10 Å². The Morgan fingerprint density at radius 2 is 1.53 bits per heavy atom. The number of thioether (sulfide) groups is 2. The van der Waals surface area contributed by atoms with E-state index in [1.807, 2.05) is 66.4 Å². The molecule has 0 fully saturated rings. The summed E-state index contributed by atoms with van der Waals surface area (Å²) in [7, 11) is 4.25. The summed E-state index contributed by atoms with van der Waals surface area (Å²) < 4.78 is 14.2. The molecule has 4 rings (SSSR count). The number of benzene rings is 2. The minimum Gasteiger partial charge on any atom is -0.497 e. The van der Waals surface area contributed by atoms with Gasteiger partial charge in [0.25, 0.3) is 0 Å². The van der Waals surface area contributed by atoms with Gasteiger partial charge in [0.05, 0.1) is 27.0 Å². The first-order chi connectivity index (χ1) is 15.4. The molecule has 2 aromatic rings. The van der Waals surface area contributed by atoms with Crippen molar-refractivity contribution in [3.8, 4) is 5.75 Å². The maximum Gasteiger partial charge on any atom is 0.365 e. The molecule has 166 valence electrons. The van der Waals surface area contributed by atoms with Crippen LogP contribution in [-0.2, 0) is 19.1 Å². The molecule has 1 spiro atoms. The summed E-state index contributed by atoms with van der Waals surface area (Å²) in [6, 6.07) is 16.9. The van der Waals surface area contributed by atoms with E-state index in [0.717, 1.165) is 5.69 Å². The lowest BCUT2D eigenvalue weighted by Crippen LogP contribution is -2.49. The Labute approximate surface area is 194 Å². The number of hydrogen-bond acceptors (Lipinski definition) is 10. The lowest BCUT2D eigenvalue weighted by Gasteiger charge is -2.41. The van der Waals surface area contributed by atoms with Crippen LogP contribution in [0, 0.1) is 0 Å². The SMILES string of the molecule is COC(=O)C1=NN(c2ccc(OC)cc2)[C@@]2(S1)SC(C(=O)OC)=C(C)N2c1ccccc1. The quantitative estimate of drug-likeness (QED) is 0.601. The van der Waals surface area contributed by atoms with Crippen molar-refractivity contribution in [2.45, 2.75) is 11.3 Å². The molecule has 0 aromatic heterocycles. The summed E-state index contributed by atoms with van der Waals surface area (Å²) in [5.74, 6) is -0.314. The fourth-order valence-electron chi connectivity index (χ4n) is 3.44. The zero-order valence-corrected chi connectivity index (χ0v) is 19.5. The Bertz CT molecular complexity index is 1100. The van der Waals surface area contributed by atoms with Gasteiger partial charge in [0, 0.05) is 11.4 Å². The number of rotatable bonds is 5. The zero-order chi connectivity index (χ0) is 22.9. The Morgan fingerprint density at radius 3 is 2.12 bits per heavy atom. The topological polar surface area (TPSA) is 80.7 Å². The number of anilines is 2. The number of nitrogens with zero attached hydrogens (tertiary/aromatic N) is 3. The van der Waals surface area contributed by atoms with Crippen LogP contribution in [0.1, 0.15) is 6.92 Å². The number of hydrogen-bond donors (Lipinski definition) is 0. The highest BCUT2D eigenvalue weighted by molar-refractivity contribution is 8.29. The van der Waals surface area contributed by atoms with Crippen LogP contribution in [-0.4, -0.2) is 42.6 Å². The first-order valence-electron chi connectivity index (χ1n) is 9.59. The van der Waals surface area contributed by atoms with Gasteiger partial charge < -0.3 is 19.1 Å². The maximum absolute atomic E-state index is 12.6. The van der Waals surface area contributed by atoms with Crippen LogP contribution in [0.4, 0.5) is 11.4 Å². The monoisotopic (exact) mass is 471 g/mol. The molecular weight excluding hydrogens is 450 g/mol. The first kappa shape index (κ1) is 22.1. The minimum atomic E-state index is -1.02. The summed E-state index contributed by atoms with van der Waals surface area (Å²) in [6.45, 7) is 1.85. The lowest BCUT2D eigenvalue weighted by molar-refractivity contribution is -0.135. The molecule has 2 aliphatic heterocycles. The molecule has 0 saturated heterocycles. The van der Waals surface area contributed by atoms with Gasteiger partial charge >= 0.3 is 11.9 Å². The predicted molar refractivity (Wildman–Crippen MR) is 126 cm³/mol. The van der Waals surface area contributed by atoms with Gasteiger partial charge in [0.1, 0.15) is 10.7 Å². The van der Waals surface area contributed by atoms with Crippen LogP contribution >= 0.6 is 23.5 Å². The van der Waals surface area contributed by atoms with E-state index < -0.39 is 16.3 Å². The third kappa shape index (κ3) is 3.59. The van der Waals surface area contributed by atoms with Gasteiger partial charge in [0.2, 0.25) is 9.37 Å². The fourth-order valence-corrected chi connectivity index (χ4v) is 6.44. The largest absolute Gasteiger partial charge is 0.497 e. The molecule has 0 N–H and O–H groups in total. The number of carbonyl (C=O) groups is 2. The normalized spacial score (nSPS) is 19.9. The average Bonchev–Trinajstić information content (AvgIpc) is 3.36. The molecule has 0 bridgehead atoms. The standard InChI is InChI=1S/C22H21N3O5S2/c1-14-18(20(26)29-3)31-22(24(14)15-8-6-5-7-9-15)25(23-19(32-22)21(27)30-4)16-10-12-17(28-2)13-11-16/h5-13H,1-4H3/t22-/m1/s1. The third-order valence-corrected chi connectivity index (χ3v) is 7.78. The molecule has 32 heavy (non-hydrogen) atoms. The highest BCUT2D eigenvalue weighted by Gasteiger charge is 2.58. The van der Waals surface area contributed by atoms with Crippen LogP contribution in [0.5, 0.6) is 5.75 Å². The number of hydrazone groups is 1. The molecule has 2 heterocycles. The molecular formula is C22H21N3O5S2. The van der Waals surface area contributed by atoms with Crippen LogP contribution in [0.2, 0.25) is 0 Å². The molecule has 0 radical (unpaired) electrons. The summed E-state index contributed by atoms with van der Waals surface area (Å²) in [5.41, 5.74) is 2.24. The van der Waals surface area contributed by atoms with Gasteiger partial charge in [-0.05, 0) is 55.1 Å². The number of ether oxygens (including phenoxy) is 3. The third-order valence-electron chi connectivity index (χ3n) is 4.93. The van der Waals surface area contributed by atoms with Crippen molar-refractivity contribution >= 4 is 51.9 Å². The van der Waals surface area contributed by atoms with Crippen LogP contribution in [0.25, 0.3) is 0 Å². The molecule has 0 saturated carbocycles. The minimum absolute atomic E-state index is 0.177. The molecule has 0 unspecified atom stereocenters. The van der Waals surface area contributed by atoms with E-state index in [-0.39, 0.29) is 5.04 Å². The Morgan fingerprint density at radius 1 is 0.875 bits per heavy atom. The van der Waals surface area contributed by atoms with Crippen LogP contribution in [0.15, 0.2) is 70.3 Å². The number of methoxy groups -OCH3 is 3. The van der Waals surface area contributed by atoms with Crippen LogP contribution < -0.4 is 14.6 Å². The lowest BCUT2D eigenvalue weighted by atomic mass is 10.2. The van der Waals surface area contributed by atoms with Gasteiger partial charge in [-0.3, -0.25) is 0 Å². The molecule has 1 atom stereocenters. The van der Waals surface area contributed by atoms with Gasteiger partial charge in [-0.15, -0.1) is 0 Å². The van der Waals surface area contributed by atoms with Crippen molar-refractivity contribution in [3.05, 3.63) is 65.2 Å². The van der Waals surface area contributed by atoms with E-state index in [4.69, 9.17) is 14.2 Å². The Balaban J connectivity index is 1.89. The number of esters is 2. The summed E-state index contributed by atoms with van der Waals surface area (Å²) in [4.78, 5) is 27.5. The van der Waals surface area contributed by atoms with E-state index in [0.29, 0.717) is 22.0 Å². The maximum atomic E-state index is 12.6. The smallest absolute Gasteiger partial charge is 0.365 e. The van der Waals surface area contributed by atoms with Crippen molar-refractivity contribution in [3.63, 3.8) is 0 Å². The van der Waals surface area contributed by atoms with E-state index in [2.05, 4.69) is 5.10 Å². The van der Waals surface area contributed by atoms with Gasteiger partial charge in [0.15, 0.2) is 0 Å². The second-order valence-corrected chi connectivity index (χ2v) is 9.34. The fraction of sp³-hybridized carbons (Fsp3) is 0.227. The highest BCUT2D eigenvalue weighted by Crippen LogP contribution is 2.60. The van der Waals surface area contributed by atoms with Crippen LogP contribution in [0.3, 0.4) is 0 Å². The molecule has 2 aromatic carbocycles. The molecule has 10 heteroatoms. The number of para-hydroxylation sites is 1. The average molecular weight is 472 g/mol. The Hall–Kier alpha value is -3.11. The van der Waals surface area contributed by atoms with E-state index in [1.54, 1.807) is 12.1 Å². The van der Waals surface area contributed by atoms with Gasteiger partial charge in [-0.25, -0.2) is 14.6 Å². The van der Waals surface area contributed by atoms with Crippen molar-refractivity contribution in [2.75, 3.05) is 31.2 Å². The summed E-state index contributed by atoms with van der Waals surface area (Å²) in [6.07, 6.45) is 0. The highest BCUT2D eigenvalue weighted by atomic mass is 32.2. The first-order valence-corrected chi connectivity index (χ1v) is 11.2. The zero-order valence-electron chi connectivity index (χ0n) is 17.9. The molecule has 8 nitrogen and oxygen atoms in total. The number of allylic oxidation sites excluding steroid dienone is 1. The number of carbonyl (C=O) groups excluding carboxylic acids is 2. The van der Waals surface area contributed by atoms with E-state index in [9.17, 15) is 9.59 Å². The molecule has 0 aliphatic carbocycles. The van der Waals surface area contributed by atoms with Crippen molar-refractivity contribution in [2.24, 2.45) is 5.10 Å². The van der Waals surface area contributed by atoms with Gasteiger partial charge in [-0.1, -0.05) is 30.0 Å². The van der Waals surface area contributed by atoms with Crippen molar-refractivity contribution in [1.29, 1.82) is 0 Å². The predicted octanol–water partition coefficient (Wildman–Crippen LogP) is 4.00. The second-order valence-electron chi connectivity index (χ2n) is 6.74. The van der Waals surface area contributed by atoms with E-state index >= 15 is 0 Å². The van der Waals surface area contributed by atoms with E-state index in [1.165, 1.54) is 37.7 Å². The van der Waals surface area contributed by atoms with Crippen molar-refractivity contribution < 1.29 is 23.8 Å². The summed E-state index contributed by atoms with van der Waals surface area (Å²) in [5, 5.41) is 6.51. The summed E-state index contributed by atoms with van der Waals surface area (Å²) >= 11 is 2.49.